The van der Waals surface area contributed by atoms with Gasteiger partial charge in [0.2, 0.25) is 5.91 Å². The minimum absolute atomic E-state index is 0.0439. The van der Waals surface area contributed by atoms with Gasteiger partial charge in [0.15, 0.2) is 0 Å². The predicted molar refractivity (Wildman–Crippen MR) is 139 cm³/mol. The quantitative estimate of drug-likeness (QED) is 0.127. The first-order valence-corrected chi connectivity index (χ1v) is 13.9. The van der Waals surface area contributed by atoms with E-state index in [1.807, 2.05) is 35.4 Å². The summed E-state index contributed by atoms with van der Waals surface area (Å²) < 4.78 is 17.3. The third kappa shape index (κ3) is 24.2. The van der Waals surface area contributed by atoms with Crippen LogP contribution in [0.4, 0.5) is 0 Å². The Labute approximate surface area is 204 Å². The van der Waals surface area contributed by atoms with Gasteiger partial charge in [-0.1, -0.05) is 81.9 Å². The van der Waals surface area contributed by atoms with Crippen LogP contribution in [0.25, 0.3) is 0 Å². The average molecular weight is 491 g/mol. The molecule has 188 valence electrons. The molecule has 0 aromatic rings. The topological polar surface area (TPSA) is 68.8 Å². The minimum atomic E-state index is -0.0439. The number of carbonyl (C=O) groups excluding carboxylic acids is 1. The fourth-order valence-electron chi connectivity index (χ4n) is 2.23. The van der Waals surface area contributed by atoms with Gasteiger partial charge in [-0.25, -0.2) is 0 Å². The van der Waals surface area contributed by atoms with E-state index in [-0.39, 0.29) is 16.1 Å². The van der Waals surface area contributed by atoms with E-state index in [9.17, 15) is 4.79 Å². The van der Waals surface area contributed by atoms with Crippen molar-refractivity contribution in [3.05, 3.63) is 0 Å². The zero-order chi connectivity index (χ0) is 24.2. The van der Waals surface area contributed by atoms with Crippen molar-refractivity contribution in [3.8, 4) is 11.8 Å². The summed E-state index contributed by atoms with van der Waals surface area (Å²) in [6.45, 7) is 18.9. The lowest BCUT2D eigenvalue weighted by Crippen LogP contribution is -2.25. The summed E-state index contributed by atoms with van der Waals surface area (Å²) in [6, 6.07) is 0.514. The normalized spacial score (nSPS) is 12.7. The number of amides is 1. The van der Waals surface area contributed by atoms with E-state index < -0.39 is 0 Å². The molecular weight excluding hydrogens is 444 g/mol. The van der Waals surface area contributed by atoms with Crippen molar-refractivity contribution in [2.24, 2.45) is 5.92 Å². The molecule has 0 aromatic carbocycles. The van der Waals surface area contributed by atoms with Gasteiger partial charge < -0.3 is 24.8 Å². The van der Waals surface area contributed by atoms with E-state index in [1.165, 1.54) is 0 Å². The molecule has 1 amide bonds. The zero-order valence-electron chi connectivity index (χ0n) is 21.3. The van der Waals surface area contributed by atoms with Crippen LogP contribution < -0.4 is 10.6 Å². The fourth-order valence-corrected chi connectivity index (χ4v) is 4.68. The van der Waals surface area contributed by atoms with E-state index in [0.29, 0.717) is 58.0 Å². The minimum Gasteiger partial charge on any atom is -0.379 e. The maximum atomic E-state index is 11.7. The lowest BCUT2D eigenvalue weighted by atomic mass is 10.2. The number of ether oxygens (including phenoxy) is 3. The van der Waals surface area contributed by atoms with Gasteiger partial charge >= 0.3 is 0 Å². The van der Waals surface area contributed by atoms with Crippen LogP contribution in [0, 0.1) is 17.8 Å². The summed E-state index contributed by atoms with van der Waals surface area (Å²) >= 11 is 0. The van der Waals surface area contributed by atoms with Crippen LogP contribution in [-0.2, 0) is 19.0 Å². The molecule has 0 saturated carbocycles. The van der Waals surface area contributed by atoms with Crippen molar-refractivity contribution in [2.75, 3.05) is 46.1 Å². The highest BCUT2D eigenvalue weighted by molar-refractivity contribution is 8.77. The molecule has 0 aromatic heterocycles. The van der Waals surface area contributed by atoms with Gasteiger partial charge in [-0.05, 0) is 19.4 Å². The zero-order valence-corrected chi connectivity index (χ0v) is 22.9. The number of carbonyl (C=O) groups is 1. The second-order valence-electron chi connectivity index (χ2n) is 9.07. The van der Waals surface area contributed by atoms with Crippen molar-refractivity contribution in [2.45, 2.75) is 84.0 Å². The molecule has 1 unspecified atom stereocenters. The highest BCUT2D eigenvalue weighted by Gasteiger charge is 2.17. The lowest BCUT2D eigenvalue weighted by Gasteiger charge is -2.22. The van der Waals surface area contributed by atoms with Crippen molar-refractivity contribution >= 4 is 27.5 Å². The summed E-state index contributed by atoms with van der Waals surface area (Å²) in [6.07, 6.45) is 2.44. The maximum absolute atomic E-state index is 11.7. The van der Waals surface area contributed by atoms with Crippen LogP contribution in [0.1, 0.15) is 67.7 Å². The van der Waals surface area contributed by atoms with Crippen LogP contribution in [0.2, 0.25) is 0 Å². The fraction of sp³-hybridized carbons (Fsp3) is 0.875. The molecule has 0 spiro atoms. The Balaban J connectivity index is 3.79. The first-order valence-electron chi connectivity index (χ1n) is 11.7. The van der Waals surface area contributed by atoms with E-state index >= 15 is 0 Å². The molecule has 32 heavy (non-hydrogen) atoms. The highest BCUT2D eigenvalue weighted by atomic mass is 33.1. The standard InChI is InChI=1S/C24H46N2O4S2/c1-20(2)10-8-14-26-22(27)12-15-28-16-17-29-18-19-30-23(31-32-24(5,6)7)11-9-13-25-21(3)4/h20-21,23,25H,9,11-19H2,1-7H3,(H,26,27). The summed E-state index contributed by atoms with van der Waals surface area (Å²) in [5.74, 6) is 6.21. The van der Waals surface area contributed by atoms with Crippen molar-refractivity contribution in [3.63, 3.8) is 0 Å². The van der Waals surface area contributed by atoms with Gasteiger partial charge in [0.05, 0.1) is 39.6 Å². The van der Waals surface area contributed by atoms with Crippen LogP contribution in [-0.4, -0.2) is 68.3 Å². The average Bonchev–Trinajstić information content (AvgIpc) is 2.69. The van der Waals surface area contributed by atoms with Crippen molar-refractivity contribution in [1.82, 2.24) is 10.6 Å². The number of hydrogen-bond acceptors (Lipinski definition) is 7. The molecule has 0 heterocycles. The summed E-state index contributed by atoms with van der Waals surface area (Å²) in [5.41, 5.74) is 0.164. The van der Waals surface area contributed by atoms with Gasteiger partial charge in [-0.15, -0.1) is 0 Å². The first-order chi connectivity index (χ1) is 15.1. The SMILES string of the molecule is CC(C)C#CCNC(=O)CCOCCOCCOC(CCCNC(C)C)SSC(C)(C)C. The van der Waals surface area contributed by atoms with E-state index in [1.54, 1.807) is 0 Å². The van der Waals surface area contributed by atoms with Crippen LogP contribution in [0.3, 0.4) is 0 Å². The van der Waals surface area contributed by atoms with Gasteiger partial charge in [-0.3, -0.25) is 4.79 Å². The molecule has 0 aliphatic heterocycles. The van der Waals surface area contributed by atoms with E-state index in [4.69, 9.17) is 14.2 Å². The third-order valence-corrected chi connectivity index (χ3v) is 7.33. The molecule has 0 bridgehead atoms. The Bertz CT molecular complexity index is 528. The second-order valence-corrected chi connectivity index (χ2v) is 12.3. The van der Waals surface area contributed by atoms with Crippen LogP contribution >= 0.6 is 21.6 Å². The molecule has 1 atom stereocenters. The Morgan fingerprint density at radius 3 is 2.28 bits per heavy atom. The molecule has 0 aliphatic carbocycles. The van der Waals surface area contributed by atoms with E-state index in [2.05, 4.69) is 57.1 Å². The van der Waals surface area contributed by atoms with Crippen LogP contribution in [0.15, 0.2) is 0 Å². The number of hydrogen-bond donors (Lipinski definition) is 2. The Hall–Kier alpha value is -0.430. The van der Waals surface area contributed by atoms with E-state index in [0.717, 1.165) is 19.4 Å². The summed E-state index contributed by atoms with van der Waals surface area (Å²) in [4.78, 5) is 11.7. The Kier molecular flexibility index (Phi) is 19.7. The molecule has 2 N–H and O–H groups in total. The van der Waals surface area contributed by atoms with Crippen molar-refractivity contribution in [1.29, 1.82) is 0 Å². The Morgan fingerprint density at radius 1 is 1.00 bits per heavy atom. The molecule has 6 nitrogen and oxygen atoms in total. The molecule has 0 rings (SSSR count). The van der Waals surface area contributed by atoms with Gasteiger partial charge in [0.1, 0.15) is 5.44 Å². The predicted octanol–water partition coefficient (Wildman–Crippen LogP) is 4.49. The first kappa shape index (κ1) is 31.6. The maximum Gasteiger partial charge on any atom is 0.223 e. The van der Waals surface area contributed by atoms with Gasteiger partial charge in [0.25, 0.3) is 0 Å². The summed E-state index contributed by atoms with van der Waals surface area (Å²) in [7, 11) is 3.68. The lowest BCUT2D eigenvalue weighted by molar-refractivity contribution is -0.122. The van der Waals surface area contributed by atoms with Gasteiger partial charge in [0, 0.05) is 23.1 Å². The third-order valence-electron chi connectivity index (χ3n) is 3.72. The molecule has 0 saturated heterocycles. The molecular formula is C24H46N2O4S2. The molecule has 8 heteroatoms. The molecule has 0 aliphatic rings. The van der Waals surface area contributed by atoms with Crippen LogP contribution in [0.5, 0.6) is 0 Å². The monoisotopic (exact) mass is 490 g/mol. The second kappa shape index (κ2) is 20.0. The van der Waals surface area contributed by atoms with Gasteiger partial charge in [-0.2, -0.15) is 0 Å². The molecule has 0 radical (unpaired) electrons. The molecule has 0 fully saturated rings. The summed E-state index contributed by atoms with van der Waals surface area (Å²) in [5, 5.41) is 6.22. The smallest absolute Gasteiger partial charge is 0.223 e. The van der Waals surface area contributed by atoms with Crippen molar-refractivity contribution < 1.29 is 19.0 Å². The Morgan fingerprint density at radius 2 is 1.66 bits per heavy atom. The number of rotatable bonds is 18. The largest absolute Gasteiger partial charge is 0.379 e. The highest BCUT2D eigenvalue weighted by Crippen LogP contribution is 2.39. The number of nitrogens with one attached hydrogen (secondary N) is 2.